The summed E-state index contributed by atoms with van der Waals surface area (Å²) in [4.78, 5) is 74.7. The lowest BCUT2D eigenvalue weighted by atomic mass is 9.99. The van der Waals surface area contributed by atoms with Crippen LogP contribution >= 0.6 is 23.5 Å². The Kier molecular flexibility index (Phi) is 22.9. The lowest BCUT2D eigenvalue weighted by Crippen LogP contribution is -2.12. The SMILES string of the molecule is C=C(C)C(=O)Nc1ccc(Sc2ccc(C(=O)c3ccccc3)cc2)cc1.C=C(C)C(=O)OCCOc1ccc(C(=O)c2ccc(-c3ccccc3)cc2)cc1.C=C(C)C(=O)OCCSc1ccc(C(=O)c2ccccc2)cc1. The standard InChI is InChI=1S/C25H22O4.C23H19NO2S.C19H18O3S/c1-18(2)25(27)29-17-16-28-23-14-12-22(13-15-23)24(26)21-10-8-20(9-11-21)19-6-4-3-5-7-19;1-16(2)23(26)24-19-10-14-21(15-11-19)27-20-12-8-18(9-13-20)22(25)17-6-4-3-5-7-17;1-14(2)19(21)22-12-13-23-17-10-8-16(9-11-17)18(20)15-6-4-3-5-7-15/h3-15H,1,16-17H2,2H3;3-15H,1H2,2H3,(H,24,26);3-11H,1,12-13H2,2H3. The van der Waals surface area contributed by atoms with Gasteiger partial charge in [-0.2, -0.15) is 0 Å². The van der Waals surface area contributed by atoms with Gasteiger partial charge in [-0.25, -0.2) is 9.59 Å². The van der Waals surface area contributed by atoms with Gasteiger partial charge in [-0.15, -0.1) is 11.8 Å². The molecule has 0 bridgehead atoms. The van der Waals surface area contributed by atoms with Crippen molar-refractivity contribution < 1.29 is 43.0 Å². The molecule has 8 rings (SSSR count). The van der Waals surface area contributed by atoms with Crippen LogP contribution in [0.4, 0.5) is 5.69 Å². The second-order valence-corrected chi connectivity index (χ2v) is 19.9. The van der Waals surface area contributed by atoms with Crippen molar-refractivity contribution >= 4 is 64.4 Å². The van der Waals surface area contributed by atoms with Crippen LogP contribution in [0.2, 0.25) is 0 Å². The highest BCUT2D eigenvalue weighted by molar-refractivity contribution is 7.99. The van der Waals surface area contributed by atoms with Crippen LogP contribution in [-0.4, -0.2) is 60.8 Å². The van der Waals surface area contributed by atoms with E-state index < -0.39 is 5.97 Å². The molecule has 0 aromatic heterocycles. The minimum atomic E-state index is -0.437. The van der Waals surface area contributed by atoms with E-state index >= 15 is 0 Å². The molecule has 0 fully saturated rings. The molecular formula is C67H59NO9S2. The second kappa shape index (κ2) is 30.6. The number of amides is 1. The van der Waals surface area contributed by atoms with Crippen LogP contribution in [0.3, 0.4) is 0 Å². The number of rotatable bonds is 21. The Morgan fingerprint density at radius 2 is 0.759 bits per heavy atom. The van der Waals surface area contributed by atoms with Crippen LogP contribution in [0.5, 0.6) is 5.75 Å². The van der Waals surface area contributed by atoms with Crippen molar-refractivity contribution in [3.63, 3.8) is 0 Å². The van der Waals surface area contributed by atoms with Crippen LogP contribution in [-0.2, 0) is 23.9 Å². The van der Waals surface area contributed by atoms with Gasteiger partial charge in [-0.1, -0.05) is 147 Å². The molecule has 0 atom stereocenters. The fourth-order valence-corrected chi connectivity index (χ4v) is 8.56. The molecule has 8 aromatic carbocycles. The van der Waals surface area contributed by atoms with E-state index in [2.05, 4.69) is 25.1 Å². The molecule has 1 N–H and O–H groups in total. The lowest BCUT2D eigenvalue weighted by Gasteiger charge is -2.08. The third kappa shape index (κ3) is 19.1. The van der Waals surface area contributed by atoms with E-state index in [1.807, 2.05) is 176 Å². The zero-order valence-electron chi connectivity index (χ0n) is 44.1. The Labute approximate surface area is 470 Å². The molecule has 79 heavy (non-hydrogen) atoms. The van der Waals surface area contributed by atoms with Gasteiger partial charge in [0, 0.05) is 76.2 Å². The van der Waals surface area contributed by atoms with E-state index in [0.717, 1.165) is 31.5 Å². The van der Waals surface area contributed by atoms with E-state index in [1.54, 1.807) is 80.7 Å². The van der Waals surface area contributed by atoms with Gasteiger partial charge in [-0.05, 0) is 129 Å². The number of anilines is 1. The maximum atomic E-state index is 12.7. The summed E-state index contributed by atoms with van der Waals surface area (Å²) in [5.41, 5.74) is 8.05. The Morgan fingerprint density at radius 3 is 1.20 bits per heavy atom. The van der Waals surface area contributed by atoms with Crippen LogP contribution in [0.25, 0.3) is 11.1 Å². The van der Waals surface area contributed by atoms with Gasteiger partial charge >= 0.3 is 11.9 Å². The third-order valence-corrected chi connectivity index (χ3v) is 13.3. The van der Waals surface area contributed by atoms with E-state index in [0.29, 0.717) is 68.2 Å². The molecule has 8 aromatic rings. The smallest absolute Gasteiger partial charge is 0.333 e. The fourth-order valence-electron chi connectivity index (χ4n) is 7.02. The molecule has 0 spiro atoms. The van der Waals surface area contributed by atoms with Crippen LogP contribution in [0.1, 0.15) is 68.5 Å². The zero-order valence-corrected chi connectivity index (χ0v) is 45.8. The number of thioether (sulfide) groups is 1. The van der Waals surface area contributed by atoms with Crippen LogP contribution in [0.15, 0.2) is 263 Å². The molecule has 398 valence electrons. The number of nitrogens with one attached hydrogen (secondary N) is 1. The lowest BCUT2D eigenvalue weighted by molar-refractivity contribution is -0.140. The van der Waals surface area contributed by atoms with Gasteiger partial charge in [0.05, 0.1) is 0 Å². The van der Waals surface area contributed by atoms with Gasteiger partial charge in [0.1, 0.15) is 25.6 Å². The molecule has 0 aliphatic rings. The summed E-state index contributed by atoms with van der Waals surface area (Å²) in [5.74, 6) is 0.253. The summed E-state index contributed by atoms with van der Waals surface area (Å²) in [6, 6.07) is 65.6. The minimum Gasteiger partial charge on any atom is -0.490 e. The highest BCUT2D eigenvalue weighted by Gasteiger charge is 2.13. The number of ketones is 3. The molecule has 0 unspecified atom stereocenters. The van der Waals surface area contributed by atoms with E-state index in [-0.39, 0.29) is 42.4 Å². The zero-order chi connectivity index (χ0) is 56.5. The molecule has 0 radical (unpaired) electrons. The van der Waals surface area contributed by atoms with Crippen molar-refractivity contribution in [2.24, 2.45) is 0 Å². The molecule has 1 amide bonds. The monoisotopic (exact) mass is 1090 g/mol. The minimum absolute atomic E-state index is 0.0116. The number of hydrogen-bond acceptors (Lipinski definition) is 11. The number of carbonyl (C=O) groups is 6. The first-order valence-corrected chi connectivity index (χ1v) is 26.8. The molecule has 12 heteroatoms. The van der Waals surface area contributed by atoms with Crippen molar-refractivity contribution in [2.75, 3.05) is 30.9 Å². The molecule has 0 aliphatic heterocycles. The highest BCUT2D eigenvalue weighted by atomic mass is 32.2. The molecule has 0 aliphatic carbocycles. The maximum Gasteiger partial charge on any atom is 0.333 e. The fraction of sp³-hybridized carbons (Fsp3) is 0.104. The first kappa shape index (κ1) is 59.1. The highest BCUT2D eigenvalue weighted by Crippen LogP contribution is 2.30. The van der Waals surface area contributed by atoms with Crippen molar-refractivity contribution in [3.8, 4) is 16.9 Å². The van der Waals surface area contributed by atoms with E-state index in [4.69, 9.17) is 14.2 Å². The quantitative estimate of drug-likeness (QED) is 0.0242. The topological polar surface area (TPSA) is 142 Å². The van der Waals surface area contributed by atoms with Crippen molar-refractivity contribution in [1.82, 2.24) is 0 Å². The molecule has 0 heterocycles. The first-order chi connectivity index (χ1) is 38.1. The largest absolute Gasteiger partial charge is 0.490 e. The van der Waals surface area contributed by atoms with Gasteiger partial charge in [0.2, 0.25) is 0 Å². The Morgan fingerprint density at radius 1 is 0.392 bits per heavy atom. The number of benzene rings is 8. The molecular weight excluding hydrogens is 1030 g/mol. The predicted molar refractivity (Wildman–Crippen MR) is 316 cm³/mol. The summed E-state index contributed by atoms with van der Waals surface area (Å²) in [5, 5.41) is 2.78. The average molecular weight is 1090 g/mol. The summed E-state index contributed by atoms with van der Waals surface area (Å²) in [6.07, 6.45) is 0. The summed E-state index contributed by atoms with van der Waals surface area (Å²) < 4.78 is 15.5. The third-order valence-electron chi connectivity index (χ3n) is 11.3. The number of hydrogen-bond donors (Lipinski definition) is 1. The Bertz CT molecular complexity index is 3360. The number of carbonyl (C=O) groups excluding carboxylic acids is 6. The van der Waals surface area contributed by atoms with Gasteiger partial charge < -0.3 is 19.5 Å². The van der Waals surface area contributed by atoms with E-state index in [1.165, 1.54) is 0 Å². The Balaban J connectivity index is 0.000000193. The van der Waals surface area contributed by atoms with Crippen LogP contribution in [0, 0.1) is 0 Å². The normalized spacial score (nSPS) is 10.2. The van der Waals surface area contributed by atoms with Crippen molar-refractivity contribution in [3.05, 3.63) is 282 Å². The average Bonchev–Trinajstić information content (AvgIpc) is 3.48. The first-order valence-electron chi connectivity index (χ1n) is 25.0. The maximum absolute atomic E-state index is 12.7. The number of ether oxygens (including phenoxy) is 3. The summed E-state index contributed by atoms with van der Waals surface area (Å²) in [6.45, 7) is 16.3. The van der Waals surface area contributed by atoms with Crippen molar-refractivity contribution in [2.45, 2.75) is 35.5 Å². The van der Waals surface area contributed by atoms with Crippen molar-refractivity contribution in [1.29, 1.82) is 0 Å². The second-order valence-electron chi connectivity index (χ2n) is 17.6. The number of esters is 2. The summed E-state index contributed by atoms with van der Waals surface area (Å²) in [7, 11) is 0. The van der Waals surface area contributed by atoms with Crippen LogP contribution < -0.4 is 10.1 Å². The molecule has 10 nitrogen and oxygen atoms in total. The van der Waals surface area contributed by atoms with Gasteiger partial charge in [0.25, 0.3) is 5.91 Å². The van der Waals surface area contributed by atoms with Gasteiger partial charge in [-0.3, -0.25) is 19.2 Å². The van der Waals surface area contributed by atoms with Gasteiger partial charge in [0.15, 0.2) is 17.3 Å². The predicted octanol–water partition coefficient (Wildman–Crippen LogP) is 14.8. The molecule has 0 saturated heterocycles. The Hall–Kier alpha value is -9.10. The summed E-state index contributed by atoms with van der Waals surface area (Å²) >= 11 is 3.17. The van der Waals surface area contributed by atoms with E-state index in [9.17, 15) is 28.8 Å². The molecule has 0 saturated carbocycles.